The Hall–Kier alpha value is -1.42. The zero-order valence-corrected chi connectivity index (χ0v) is 74.0. The molecule has 0 bridgehead atoms. The number of amides is 1. The Bertz CT molecular complexity index is 2850. The van der Waals surface area contributed by atoms with Crippen LogP contribution in [0.2, 0.25) is 0 Å². The molecule has 5 atom stereocenters. The van der Waals surface area contributed by atoms with Crippen molar-refractivity contribution in [2.45, 2.75) is 214 Å². The number of para-hydroxylation sites is 1. The number of ether oxygens (including phenoxy) is 2. The van der Waals surface area contributed by atoms with Crippen LogP contribution in [0.15, 0.2) is 65.1 Å². The Morgan fingerprint density at radius 2 is 0.970 bits per heavy atom. The second kappa shape index (κ2) is 56.8. The van der Waals surface area contributed by atoms with E-state index < -0.39 is 117 Å². The first-order chi connectivity index (χ1) is 44.4. The van der Waals surface area contributed by atoms with Gasteiger partial charge in [-0.25, -0.2) is 31.5 Å². The van der Waals surface area contributed by atoms with Gasteiger partial charge in [0.05, 0.1) is 67.5 Å². The number of hydrogen-bond donors (Lipinski definition) is 8. The van der Waals surface area contributed by atoms with Crippen molar-refractivity contribution in [1.29, 1.82) is 0 Å². The summed E-state index contributed by atoms with van der Waals surface area (Å²) in [6.45, 7) is 44.9. The third-order valence-electron chi connectivity index (χ3n) is 10.4. The van der Waals surface area contributed by atoms with Crippen LogP contribution in [0.4, 0.5) is 4.79 Å². The maximum atomic E-state index is 13.0. The molecule has 11 N–H and O–H groups in total. The Morgan fingerprint density at radius 1 is 0.604 bits per heavy atom. The maximum Gasteiger partial charge on any atom is 1.00 e. The van der Waals surface area contributed by atoms with Crippen LogP contribution in [0.1, 0.15) is 171 Å². The summed E-state index contributed by atoms with van der Waals surface area (Å²) in [6, 6.07) is 17.8. The minimum absolute atomic E-state index is 0. The molecule has 2 aromatic rings. The SMILES string of the molecule is CC(C)(C)S(N)=O.CC(C)(CP(=O)(O)O)NC(=O)OCc1ccccc1.CC(C)=NS(=O)C(C)(C)C.CCOC(=O)C(C)OP(=O)(CC(C)(C)N)Oc1ccccc1.CO.COP(=O)(CC(C)(C)N)OC.COP(=O)(CC(C)(C)NS(=O)C(C)(C)C)OC.COP(C)(=O)OC.Cl.[CH2-]CCC.[Li+]. The van der Waals surface area contributed by atoms with E-state index in [2.05, 4.69) is 37.3 Å². The zero-order chi connectivity index (χ0) is 80.1. The fraction of sp³-hybridized carbons (Fsp3) is 0.742. The summed E-state index contributed by atoms with van der Waals surface area (Å²) in [5.41, 5.74) is 10.3. The summed E-state index contributed by atoms with van der Waals surface area (Å²) < 4.78 is 146. The number of benzene rings is 2. The second-order valence-electron chi connectivity index (χ2n) is 27.0. The van der Waals surface area contributed by atoms with Crippen molar-refractivity contribution in [2.75, 3.05) is 87.7 Å². The molecule has 0 radical (unpaired) electrons. The van der Waals surface area contributed by atoms with E-state index in [1.165, 1.54) is 76.5 Å². The first kappa shape index (κ1) is 118. The molecule has 0 aliphatic heterocycles. The van der Waals surface area contributed by atoms with Gasteiger partial charge in [-0.3, -0.25) is 27.9 Å². The van der Waals surface area contributed by atoms with Crippen LogP contribution in [0.3, 0.4) is 0 Å². The van der Waals surface area contributed by atoms with Crippen molar-refractivity contribution in [3.8, 4) is 5.75 Å². The standard InChI is InChI=1S/C15H24NO5P.C12H18NO5P.C10H24NO4PS.C7H15NOS.C6H16NO3P.C4H11NOS.C4H9.C3H9O3P.CH4O.ClH.Li/c1-5-19-14(17)12(2)20-22(18,11-15(3,4)16)21-13-9-7-6-8-10-13;1-12(2,9-19(15,16)17)13-11(14)18-8-10-6-4-3-5-7-10;1-9(2,3)17(13)11-10(4,5)8-16(12,14-6)15-7;1-6(2)8-10(9)7(3,4)5;1-6(2,7)5-11(8,9-3)10-4;1-4(2,3)7(5)6;1-3-4-2;1-5-7(3,4)6-2;1-2;;/h6-10,12H,5,11,16H2,1-4H3;3-7H,8-9H2,1-2H3,(H,13,14)(H2,15,16,17);11H,8H2,1-7H3;1-5H3;5,7H2,1-4H3;5H2,1-3H3;1,3-4H2,2H3;1-3H3;2H,1H3;1H;/q;;;;;;-1;;;;+1. The molecule has 598 valence electrons. The van der Waals surface area contributed by atoms with Crippen molar-refractivity contribution >= 4 is 101 Å². The van der Waals surface area contributed by atoms with Gasteiger partial charge in [0, 0.05) is 84.3 Å². The quantitative estimate of drug-likeness (QED) is 0.0135. The van der Waals surface area contributed by atoms with Crippen molar-refractivity contribution in [2.24, 2.45) is 21.0 Å². The number of rotatable bonds is 27. The van der Waals surface area contributed by atoms with E-state index in [4.69, 9.17) is 68.1 Å². The van der Waals surface area contributed by atoms with E-state index in [1.807, 2.05) is 126 Å². The molecular formula is C62H131ClLiN6O23P5S3. The summed E-state index contributed by atoms with van der Waals surface area (Å²) >= 11 is 0. The van der Waals surface area contributed by atoms with E-state index in [-0.39, 0.29) is 77.2 Å². The Balaban J connectivity index is -0.000000142. The molecule has 101 heavy (non-hydrogen) atoms. The predicted octanol–water partition coefficient (Wildman–Crippen LogP) is 10.4. The molecule has 5 unspecified atom stereocenters. The van der Waals surface area contributed by atoms with Gasteiger partial charge in [-0.2, -0.15) is 10.8 Å². The molecule has 1 amide bonds. The number of aliphatic hydroxyl groups excluding tert-OH is 1. The van der Waals surface area contributed by atoms with Gasteiger partial charge in [-0.1, -0.05) is 61.9 Å². The summed E-state index contributed by atoms with van der Waals surface area (Å²) in [7, 11) is -10.9. The van der Waals surface area contributed by atoms with Crippen LogP contribution >= 0.6 is 50.4 Å². The number of carbonyl (C=O) groups excluding carboxylic acids is 2. The number of aliphatic hydroxyl groups is 1. The molecule has 39 heteroatoms. The van der Waals surface area contributed by atoms with Crippen molar-refractivity contribution in [3.63, 3.8) is 0 Å². The molecule has 2 aromatic carbocycles. The minimum Gasteiger partial charge on any atom is -0.464 e. The molecule has 0 aromatic heterocycles. The number of unbranched alkanes of at least 4 members (excludes halogenated alkanes) is 1. The third-order valence-corrected chi connectivity index (χ3v) is 24.5. The minimum atomic E-state index is -4.19. The summed E-state index contributed by atoms with van der Waals surface area (Å²) in [5.74, 6) is -0.194. The molecule has 0 saturated heterocycles. The molecule has 0 aliphatic carbocycles. The van der Waals surface area contributed by atoms with Crippen LogP contribution in [-0.2, 0) is 108 Å². The second-order valence-corrected chi connectivity index (χ2v) is 43.1. The van der Waals surface area contributed by atoms with E-state index in [0.29, 0.717) is 5.75 Å². The van der Waals surface area contributed by atoms with Crippen molar-refractivity contribution in [1.82, 2.24) is 10.0 Å². The number of carbonyl (C=O) groups is 2. The molecule has 0 fully saturated rings. The molecule has 2 rings (SSSR count). The molecular weight excluding hydrogens is 1490 g/mol. The average Bonchev–Trinajstić information content (AvgIpc) is 0.844. The third kappa shape index (κ3) is 73.9. The number of alkyl carbamates (subject to hydrolysis) is 1. The number of nitrogens with two attached hydrogens (primary N) is 3. The van der Waals surface area contributed by atoms with Gasteiger partial charge < -0.3 is 79.7 Å². The van der Waals surface area contributed by atoms with Crippen molar-refractivity contribution < 1.29 is 124 Å². The number of esters is 1. The average molecular weight is 1620 g/mol. The molecule has 0 heterocycles. The maximum absolute atomic E-state index is 13.0. The number of nitrogens with zero attached hydrogens (tertiary/aromatic N) is 1. The topological polar surface area (TPSA) is 438 Å². The van der Waals surface area contributed by atoms with E-state index in [9.17, 15) is 45.0 Å². The Labute approximate surface area is 633 Å². The van der Waals surface area contributed by atoms with Crippen LogP contribution in [0.5, 0.6) is 5.75 Å². The monoisotopic (exact) mass is 1620 g/mol. The zero-order valence-electron chi connectivity index (χ0n) is 66.3. The molecule has 29 nitrogen and oxygen atoms in total. The van der Waals surface area contributed by atoms with Gasteiger partial charge in [0.1, 0.15) is 23.3 Å². The summed E-state index contributed by atoms with van der Waals surface area (Å²) in [6.07, 6.45) is 0.486. The van der Waals surface area contributed by atoms with Gasteiger partial charge >= 0.3 is 68.9 Å². The molecule has 0 saturated carbocycles. The Kier molecular flexibility index (Phi) is 66.3. The molecule has 0 spiro atoms. The number of halogens is 1. The van der Waals surface area contributed by atoms with Crippen LogP contribution in [0, 0.1) is 6.92 Å². The first-order valence-corrected chi connectivity index (χ1v) is 43.3. The van der Waals surface area contributed by atoms with Gasteiger partial charge in [0.2, 0.25) is 0 Å². The first-order valence-electron chi connectivity index (χ1n) is 30.9. The fourth-order valence-electron chi connectivity index (χ4n) is 5.57. The van der Waals surface area contributed by atoms with Crippen LogP contribution in [-0.4, -0.2) is 175 Å². The summed E-state index contributed by atoms with van der Waals surface area (Å²) in [4.78, 5) is 41.0. The van der Waals surface area contributed by atoms with Crippen LogP contribution in [0.25, 0.3) is 0 Å². The van der Waals surface area contributed by atoms with E-state index in [0.717, 1.165) is 24.8 Å². The van der Waals surface area contributed by atoms with Crippen LogP contribution < -0.4 is 50.0 Å². The van der Waals surface area contributed by atoms with Gasteiger partial charge in [0.15, 0.2) is 6.10 Å². The normalized spacial score (nSPS) is 13.6. The largest absolute Gasteiger partial charge is 1.00 e. The summed E-state index contributed by atoms with van der Waals surface area (Å²) in [5, 5.41) is 14.5. The number of nitrogens with one attached hydrogen (secondary N) is 2. The van der Waals surface area contributed by atoms with Gasteiger partial charge in [-0.15, -0.1) is 12.4 Å². The predicted molar refractivity (Wildman–Crippen MR) is 414 cm³/mol. The van der Waals surface area contributed by atoms with Gasteiger partial charge in [-0.05, 0) is 163 Å². The van der Waals surface area contributed by atoms with Gasteiger partial charge in [0.25, 0.3) is 0 Å². The van der Waals surface area contributed by atoms with E-state index >= 15 is 0 Å². The Morgan fingerprint density at radius 3 is 1.24 bits per heavy atom. The number of hydrogen-bond acceptors (Lipinski definition) is 23. The smallest absolute Gasteiger partial charge is 0.464 e. The fourth-order valence-corrected chi connectivity index (χ4v) is 13.5. The molecule has 0 aliphatic rings. The van der Waals surface area contributed by atoms with E-state index in [1.54, 1.807) is 58.9 Å². The van der Waals surface area contributed by atoms with Crippen molar-refractivity contribution in [3.05, 3.63) is 73.2 Å².